The lowest BCUT2D eigenvalue weighted by atomic mass is 10.1. The van der Waals surface area contributed by atoms with E-state index in [1.165, 1.54) is 9.11 Å². The summed E-state index contributed by atoms with van der Waals surface area (Å²) in [6.07, 6.45) is 1.09. The van der Waals surface area contributed by atoms with Gasteiger partial charge in [-0.15, -0.1) is 23.1 Å². The van der Waals surface area contributed by atoms with Crippen molar-refractivity contribution in [2.45, 2.75) is 29.2 Å². The van der Waals surface area contributed by atoms with E-state index >= 15 is 0 Å². The Morgan fingerprint density at radius 3 is 2.69 bits per heavy atom. The number of thioether (sulfide) groups is 1. The maximum Gasteiger partial charge on any atom is 0.287 e. The number of hydrogen-bond acceptors (Lipinski definition) is 6. The molecule has 1 aliphatic heterocycles. The normalized spacial score (nSPS) is 14.1. The molecule has 0 aliphatic carbocycles. The number of imide groups is 1. The third-order valence-corrected chi connectivity index (χ3v) is 6.91. The number of rotatable bonds is 8. The molecule has 1 fully saturated rings. The maximum absolute atomic E-state index is 12.8. The van der Waals surface area contributed by atoms with Crippen molar-refractivity contribution in [3.05, 3.63) is 53.1 Å². The highest BCUT2D eigenvalue weighted by atomic mass is 32.2. The van der Waals surface area contributed by atoms with E-state index in [0.29, 0.717) is 36.6 Å². The van der Waals surface area contributed by atoms with Gasteiger partial charge in [-0.05, 0) is 23.9 Å². The lowest BCUT2D eigenvalue weighted by Crippen LogP contribution is -2.33. The van der Waals surface area contributed by atoms with Crippen molar-refractivity contribution in [3.63, 3.8) is 0 Å². The van der Waals surface area contributed by atoms with E-state index < -0.39 is 0 Å². The zero-order valence-corrected chi connectivity index (χ0v) is 17.3. The number of hydrogen-bond donors (Lipinski definition) is 1. The first-order chi connectivity index (χ1) is 14.1. The number of furan rings is 1. The van der Waals surface area contributed by atoms with E-state index in [1.807, 2.05) is 35.7 Å². The number of nitrogens with zero attached hydrogens (tertiary/aromatic N) is 1. The van der Waals surface area contributed by atoms with Gasteiger partial charge in [-0.1, -0.05) is 24.3 Å². The van der Waals surface area contributed by atoms with Crippen molar-refractivity contribution in [3.8, 4) is 0 Å². The molecule has 3 aromatic rings. The van der Waals surface area contributed by atoms with Crippen molar-refractivity contribution in [2.75, 3.05) is 13.1 Å². The van der Waals surface area contributed by atoms with Gasteiger partial charge in [0.15, 0.2) is 5.76 Å². The van der Waals surface area contributed by atoms with Crippen LogP contribution in [0, 0.1) is 0 Å². The molecule has 6 nitrogen and oxygen atoms in total. The fraction of sp³-hybridized carbons (Fsp3) is 0.286. The number of nitrogens with one attached hydrogen (secondary N) is 1. The number of carbonyl (C=O) groups excluding carboxylic acids is 3. The maximum atomic E-state index is 12.8. The van der Waals surface area contributed by atoms with Gasteiger partial charge in [-0.25, -0.2) is 0 Å². The van der Waals surface area contributed by atoms with Gasteiger partial charge < -0.3 is 9.73 Å². The minimum Gasteiger partial charge on any atom is -0.451 e. The second-order valence-corrected chi connectivity index (χ2v) is 8.90. The quantitative estimate of drug-likeness (QED) is 0.333. The molecular formula is C21H20N2O4S2. The number of benzene rings is 1. The topological polar surface area (TPSA) is 79.6 Å². The van der Waals surface area contributed by atoms with E-state index in [1.54, 1.807) is 23.1 Å². The van der Waals surface area contributed by atoms with Crippen LogP contribution in [0.3, 0.4) is 0 Å². The Balaban J connectivity index is 1.41. The van der Waals surface area contributed by atoms with Gasteiger partial charge in [-0.3, -0.25) is 19.3 Å². The van der Waals surface area contributed by atoms with Gasteiger partial charge in [-0.2, -0.15) is 0 Å². The van der Waals surface area contributed by atoms with Crippen LogP contribution in [0.4, 0.5) is 0 Å². The number of fused-ring (bicyclic) bond motifs is 1. The highest BCUT2D eigenvalue weighted by Crippen LogP contribution is 2.33. The molecule has 0 atom stereocenters. The largest absolute Gasteiger partial charge is 0.451 e. The van der Waals surface area contributed by atoms with E-state index in [-0.39, 0.29) is 30.6 Å². The molecule has 0 saturated carbocycles. The molecule has 1 aliphatic rings. The van der Waals surface area contributed by atoms with E-state index in [0.717, 1.165) is 10.9 Å². The van der Waals surface area contributed by atoms with Crippen molar-refractivity contribution in [1.29, 1.82) is 0 Å². The summed E-state index contributed by atoms with van der Waals surface area (Å²) in [5, 5.41) is 5.83. The van der Waals surface area contributed by atoms with E-state index in [4.69, 9.17) is 4.42 Å². The summed E-state index contributed by atoms with van der Waals surface area (Å²) in [6, 6.07) is 11.7. The van der Waals surface area contributed by atoms with E-state index in [2.05, 4.69) is 11.4 Å². The van der Waals surface area contributed by atoms with Gasteiger partial charge >= 0.3 is 0 Å². The third-order valence-electron chi connectivity index (χ3n) is 4.76. The summed E-state index contributed by atoms with van der Waals surface area (Å²) in [5.74, 6) is 0.417. The fourth-order valence-corrected chi connectivity index (χ4v) is 5.12. The Hall–Kier alpha value is -2.58. The zero-order valence-electron chi connectivity index (χ0n) is 15.7. The molecule has 29 heavy (non-hydrogen) atoms. The summed E-state index contributed by atoms with van der Waals surface area (Å²) >= 11 is 3.34. The summed E-state index contributed by atoms with van der Waals surface area (Å²) in [5.41, 5.74) is 1.56. The second kappa shape index (κ2) is 8.84. The molecule has 8 heteroatoms. The fourth-order valence-electron chi connectivity index (χ4n) is 3.31. The molecule has 1 saturated heterocycles. The van der Waals surface area contributed by atoms with Crippen molar-refractivity contribution >= 4 is 51.8 Å². The number of para-hydroxylation sites is 1. The molecule has 0 radical (unpaired) electrons. The number of carbonyl (C=O) groups is 3. The Bertz CT molecular complexity index is 1030. The molecule has 0 spiro atoms. The summed E-state index contributed by atoms with van der Waals surface area (Å²) in [4.78, 5) is 37.3. The molecule has 0 bridgehead atoms. The summed E-state index contributed by atoms with van der Waals surface area (Å²) in [7, 11) is 0. The predicted molar refractivity (Wildman–Crippen MR) is 113 cm³/mol. The Labute approximate surface area is 176 Å². The molecule has 2 aromatic heterocycles. The SMILES string of the molecule is O=C(NCCCN1C(=O)CCC1=O)c1oc2ccccc2c1CSc1cccs1. The van der Waals surface area contributed by atoms with Crippen LogP contribution in [0.5, 0.6) is 0 Å². The standard InChI is InChI=1S/C21H20N2O4S2/c24-17-8-9-18(25)23(17)11-4-10-22-21(26)20-15(13-29-19-7-3-12-28-19)14-5-1-2-6-16(14)27-20/h1-3,5-7,12H,4,8-11,13H2,(H,22,26). The van der Waals surface area contributed by atoms with Gasteiger partial charge in [0.05, 0.1) is 4.21 Å². The first-order valence-electron chi connectivity index (χ1n) is 9.41. The van der Waals surface area contributed by atoms with Crippen molar-refractivity contribution in [2.24, 2.45) is 0 Å². The van der Waals surface area contributed by atoms with Crippen LogP contribution in [0.25, 0.3) is 11.0 Å². The molecule has 0 unspecified atom stereocenters. The average Bonchev–Trinajstić information content (AvgIpc) is 3.44. The highest BCUT2D eigenvalue weighted by molar-refractivity contribution is 8.00. The zero-order chi connectivity index (χ0) is 20.2. The predicted octanol–water partition coefficient (Wildman–Crippen LogP) is 4.06. The first kappa shape index (κ1) is 19.7. The molecule has 1 N–H and O–H groups in total. The third kappa shape index (κ3) is 4.38. The Morgan fingerprint density at radius 1 is 1.14 bits per heavy atom. The molecule has 3 amide bonds. The Morgan fingerprint density at radius 2 is 1.93 bits per heavy atom. The van der Waals surface area contributed by atoms with Crippen molar-refractivity contribution in [1.82, 2.24) is 10.2 Å². The van der Waals surface area contributed by atoms with Crippen LogP contribution in [-0.4, -0.2) is 35.7 Å². The molecule has 1 aromatic carbocycles. The van der Waals surface area contributed by atoms with Gasteiger partial charge in [0, 0.05) is 42.6 Å². The van der Waals surface area contributed by atoms with Crippen LogP contribution in [0.2, 0.25) is 0 Å². The lowest BCUT2D eigenvalue weighted by Gasteiger charge is -2.13. The van der Waals surface area contributed by atoms with E-state index in [9.17, 15) is 14.4 Å². The van der Waals surface area contributed by atoms with Crippen LogP contribution >= 0.6 is 23.1 Å². The van der Waals surface area contributed by atoms with Gasteiger partial charge in [0.1, 0.15) is 5.58 Å². The van der Waals surface area contributed by atoms with Crippen LogP contribution in [-0.2, 0) is 15.3 Å². The van der Waals surface area contributed by atoms with Crippen molar-refractivity contribution < 1.29 is 18.8 Å². The first-order valence-corrected chi connectivity index (χ1v) is 11.3. The van der Waals surface area contributed by atoms with Crippen LogP contribution < -0.4 is 5.32 Å². The minimum absolute atomic E-state index is 0.133. The average molecular weight is 429 g/mol. The highest BCUT2D eigenvalue weighted by Gasteiger charge is 2.28. The Kier molecular flexibility index (Phi) is 6.01. The molecule has 3 heterocycles. The van der Waals surface area contributed by atoms with Gasteiger partial charge in [0.2, 0.25) is 11.8 Å². The minimum atomic E-state index is -0.276. The molecule has 150 valence electrons. The summed E-state index contributed by atoms with van der Waals surface area (Å²) < 4.78 is 7.04. The number of thiophene rings is 1. The van der Waals surface area contributed by atoms with Crippen LogP contribution in [0.15, 0.2) is 50.4 Å². The van der Waals surface area contributed by atoms with Crippen LogP contribution in [0.1, 0.15) is 35.4 Å². The second-order valence-electron chi connectivity index (χ2n) is 6.68. The lowest BCUT2D eigenvalue weighted by molar-refractivity contribution is -0.138. The number of amides is 3. The monoisotopic (exact) mass is 428 g/mol. The summed E-state index contributed by atoms with van der Waals surface area (Å²) in [6.45, 7) is 0.698. The smallest absolute Gasteiger partial charge is 0.287 e. The molecule has 4 rings (SSSR count). The van der Waals surface area contributed by atoms with Gasteiger partial charge in [0.25, 0.3) is 5.91 Å². The molecular weight excluding hydrogens is 408 g/mol. The number of likely N-dealkylation sites (tertiary alicyclic amines) is 1.